The molecule has 3 N–H and O–H groups in total. The molecule has 0 unspecified atom stereocenters. The number of hydrogen-bond acceptors (Lipinski definition) is 7. The minimum atomic E-state index is -1.07. The van der Waals surface area contributed by atoms with Gasteiger partial charge in [0.25, 0.3) is 5.91 Å². The van der Waals surface area contributed by atoms with E-state index in [1.54, 1.807) is 12.1 Å². The molecule has 4 atom stereocenters. The number of halogens is 1. The molecular formula is C37H52ClN5O6. The summed E-state index contributed by atoms with van der Waals surface area (Å²) in [7, 11) is 3.01. The Morgan fingerprint density at radius 2 is 1.71 bits per heavy atom. The highest BCUT2D eigenvalue weighted by atomic mass is 35.5. The van der Waals surface area contributed by atoms with Crippen molar-refractivity contribution in [1.29, 1.82) is 0 Å². The third-order valence-electron chi connectivity index (χ3n) is 10.5. The number of nitrogens with one attached hydrogen (secondary N) is 3. The van der Waals surface area contributed by atoms with Crippen LogP contribution in [0.1, 0.15) is 97.0 Å². The third-order valence-corrected chi connectivity index (χ3v) is 10.7. The van der Waals surface area contributed by atoms with Gasteiger partial charge in [0.15, 0.2) is 0 Å². The fourth-order valence-electron chi connectivity index (χ4n) is 7.44. The van der Waals surface area contributed by atoms with E-state index in [1.807, 2.05) is 39.0 Å². The maximum Gasteiger partial charge on any atom is 0.291 e. The van der Waals surface area contributed by atoms with E-state index < -0.39 is 52.6 Å². The van der Waals surface area contributed by atoms with Crippen molar-refractivity contribution in [2.24, 2.45) is 17.3 Å². The topological polar surface area (TPSA) is 137 Å². The Balaban J connectivity index is 1.43. The summed E-state index contributed by atoms with van der Waals surface area (Å²) in [4.78, 5) is 77.2. The second kappa shape index (κ2) is 15.2. The number of benzene rings is 1. The fourth-order valence-corrected chi connectivity index (χ4v) is 7.63. The lowest BCUT2D eigenvalue weighted by atomic mass is 9.80. The predicted octanol–water partition coefficient (Wildman–Crippen LogP) is 4.39. The van der Waals surface area contributed by atoms with Crippen LogP contribution in [0.15, 0.2) is 30.3 Å². The standard InChI is InChI=1S/C37H52ClN5O6/c1-36(2,3)32(40-30(44)18-24-11-7-6-8-12-24)35(48)43-22-37(20-28(41-49-37)25-15-10-16-26(38)19-25)21-29(43)33(46)39-27(17-23-13-9-14-23)31(45)34(47)42(4)5/h10,15-16,19-20,23-24,27,29,32,41H,6-9,11-14,17-18,21-22H2,1-5H3,(H,39,46)(H,40,44)/t27-,29-,32+,37+/m0/s1. The van der Waals surface area contributed by atoms with E-state index in [9.17, 15) is 24.0 Å². The van der Waals surface area contributed by atoms with Crippen LogP contribution in [0.4, 0.5) is 0 Å². The number of likely N-dealkylation sites (tertiary alicyclic amines) is 1. The lowest BCUT2D eigenvalue weighted by Crippen LogP contribution is -2.59. The van der Waals surface area contributed by atoms with Gasteiger partial charge in [-0.1, -0.05) is 83.0 Å². The van der Waals surface area contributed by atoms with Crippen LogP contribution in [0, 0.1) is 17.3 Å². The van der Waals surface area contributed by atoms with Gasteiger partial charge in [0.05, 0.1) is 18.3 Å². The van der Waals surface area contributed by atoms with Crippen molar-refractivity contribution in [3.05, 3.63) is 40.9 Å². The molecule has 1 aromatic carbocycles. The van der Waals surface area contributed by atoms with Gasteiger partial charge in [-0.2, -0.15) is 0 Å². The summed E-state index contributed by atoms with van der Waals surface area (Å²) in [5, 5.41) is 6.46. The number of hydrogen-bond donors (Lipinski definition) is 3. The monoisotopic (exact) mass is 697 g/mol. The first-order chi connectivity index (χ1) is 23.2. The van der Waals surface area contributed by atoms with Crippen LogP contribution in [0.3, 0.4) is 0 Å². The minimum absolute atomic E-state index is 0.0317. The molecule has 11 nitrogen and oxygen atoms in total. The number of rotatable bonds is 11. The zero-order valence-corrected chi connectivity index (χ0v) is 30.2. The lowest BCUT2D eigenvalue weighted by molar-refractivity contribution is -0.147. The summed E-state index contributed by atoms with van der Waals surface area (Å²) in [6.45, 7) is 5.71. The Hall–Kier alpha value is -3.44. The molecule has 268 valence electrons. The number of carbonyl (C=O) groups is 5. The highest BCUT2D eigenvalue weighted by molar-refractivity contribution is 6.38. The van der Waals surface area contributed by atoms with Crippen molar-refractivity contribution >= 4 is 46.7 Å². The molecule has 5 rings (SSSR count). The molecular weight excluding hydrogens is 646 g/mol. The molecule has 1 aromatic rings. The third kappa shape index (κ3) is 8.84. The molecule has 0 radical (unpaired) electrons. The average molecular weight is 698 g/mol. The van der Waals surface area contributed by atoms with Crippen molar-refractivity contribution in [3.63, 3.8) is 0 Å². The number of hydroxylamine groups is 1. The zero-order chi connectivity index (χ0) is 35.5. The van der Waals surface area contributed by atoms with Gasteiger partial charge < -0.3 is 20.4 Å². The van der Waals surface area contributed by atoms with Crippen LogP contribution < -0.4 is 16.1 Å². The maximum absolute atomic E-state index is 14.6. The molecule has 1 spiro atoms. The smallest absolute Gasteiger partial charge is 0.291 e. The SMILES string of the molecule is CN(C)C(=O)C(=O)[C@H](CC1CCC1)NC(=O)[C@@H]1C[C@]2(C=C(c3cccc(Cl)c3)NO2)CN1C(=O)[C@@H](NC(=O)CC1CCCCC1)C(C)(C)C. The van der Waals surface area contributed by atoms with Gasteiger partial charge in [-0.15, -0.1) is 0 Å². The van der Waals surface area contributed by atoms with Crippen LogP contribution in [0.2, 0.25) is 5.02 Å². The molecule has 4 amide bonds. The molecule has 2 heterocycles. The quantitative estimate of drug-likeness (QED) is 0.292. The number of carbonyl (C=O) groups excluding carboxylic acids is 5. The molecule has 49 heavy (non-hydrogen) atoms. The van der Waals surface area contributed by atoms with Crippen LogP contribution in [0.5, 0.6) is 0 Å². The highest BCUT2D eigenvalue weighted by Crippen LogP contribution is 2.39. The van der Waals surface area contributed by atoms with Crippen molar-refractivity contribution < 1.29 is 28.8 Å². The number of ketones is 1. The number of amides is 4. The van der Waals surface area contributed by atoms with Gasteiger partial charge in [-0.05, 0) is 54.7 Å². The van der Waals surface area contributed by atoms with Gasteiger partial charge in [-0.3, -0.25) is 34.3 Å². The van der Waals surface area contributed by atoms with Crippen LogP contribution in [0.25, 0.3) is 5.70 Å². The van der Waals surface area contributed by atoms with E-state index in [2.05, 4.69) is 16.1 Å². The Bertz CT molecular complexity index is 1460. The fraction of sp³-hybridized carbons (Fsp3) is 0.649. The first-order valence-corrected chi connectivity index (χ1v) is 18.1. The maximum atomic E-state index is 14.6. The minimum Gasteiger partial charge on any atom is -0.344 e. The summed E-state index contributed by atoms with van der Waals surface area (Å²) >= 11 is 6.26. The molecule has 12 heteroatoms. The predicted molar refractivity (Wildman–Crippen MR) is 187 cm³/mol. The van der Waals surface area contributed by atoms with E-state index in [-0.39, 0.29) is 24.8 Å². The zero-order valence-electron chi connectivity index (χ0n) is 29.5. The molecule has 0 aromatic heterocycles. The van der Waals surface area contributed by atoms with Crippen molar-refractivity contribution in [1.82, 2.24) is 25.9 Å². The Kier molecular flexibility index (Phi) is 11.4. The van der Waals surface area contributed by atoms with Crippen molar-refractivity contribution in [3.8, 4) is 0 Å². The molecule has 4 aliphatic rings. The number of likely N-dealkylation sites (N-methyl/N-ethyl adjacent to an activating group) is 1. The van der Waals surface area contributed by atoms with E-state index in [4.69, 9.17) is 16.4 Å². The van der Waals surface area contributed by atoms with Crippen molar-refractivity contribution in [2.45, 2.75) is 115 Å². The second-order valence-corrected chi connectivity index (χ2v) is 16.2. The second-order valence-electron chi connectivity index (χ2n) is 15.8. The first kappa shape index (κ1) is 36.8. The molecule has 3 fully saturated rings. The van der Waals surface area contributed by atoms with Crippen molar-refractivity contribution in [2.75, 3.05) is 20.6 Å². The van der Waals surface area contributed by atoms with E-state index >= 15 is 0 Å². The Labute approximate surface area is 294 Å². The Morgan fingerprint density at radius 3 is 2.33 bits per heavy atom. The molecule has 2 aliphatic carbocycles. The molecule has 2 aliphatic heterocycles. The molecule has 1 saturated heterocycles. The summed E-state index contributed by atoms with van der Waals surface area (Å²) in [6.07, 6.45) is 11.0. The summed E-state index contributed by atoms with van der Waals surface area (Å²) < 4.78 is 0. The molecule has 0 bridgehead atoms. The largest absolute Gasteiger partial charge is 0.344 e. The van der Waals surface area contributed by atoms with Crippen LogP contribution >= 0.6 is 11.6 Å². The van der Waals surface area contributed by atoms with E-state index in [0.717, 1.165) is 50.5 Å². The summed E-state index contributed by atoms with van der Waals surface area (Å²) in [5.74, 6) is -1.96. The van der Waals surface area contributed by atoms with Gasteiger partial charge in [-0.25, -0.2) is 0 Å². The summed E-state index contributed by atoms with van der Waals surface area (Å²) in [5.41, 5.74) is 2.66. The first-order valence-electron chi connectivity index (χ1n) is 17.7. The number of Topliss-reactive ketones (excluding diaryl/α,β-unsaturated/α-hetero) is 1. The molecule has 2 saturated carbocycles. The van der Waals surface area contributed by atoms with Crippen LogP contribution in [-0.4, -0.2) is 83.6 Å². The van der Waals surface area contributed by atoms with E-state index in [0.29, 0.717) is 29.5 Å². The number of nitrogens with zero attached hydrogens (tertiary/aromatic N) is 2. The van der Waals surface area contributed by atoms with E-state index in [1.165, 1.54) is 30.3 Å². The Morgan fingerprint density at radius 1 is 1.02 bits per heavy atom. The normalized spacial score (nSPS) is 24.0. The van der Waals surface area contributed by atoms with Gasteiger partial charge >= 0.3 is 0 Å². The highest BCUT2D eigenvalue weighted by Gasteiger charge is 2.54. The summed E-state index contributed by atoms with van der Waals surface area (Å²) in [6, 6.07) is 4.30. The average Bonchev–Trinajstić information content (AvgIpc) is 3.63. The lowest BCUT2D eigenvalue weighted by Gasteiger charge is -2.36. The van der Waals surface area contributed by atoms with Gasteiger partial charge in [0.1, 0.15) is 17.7 Å². The van der Waals surface area contributed by atoms with Crippen LogP contribution in [-0.2, 0) is 28.8 Å². The van der Waals surface area contributed by atoms with Gasteiger partial charge in [0, 0.05) is 37.5 Å². The van der Waals surface area contributed by atoms with Gasteiger partial charge in [0.2, 0.25) is 23.5 Å².